The summed E-state index contributed by atoms with van der Waals surface area (Å²) in [6.45, 7) is 6.24. The second kappa shape index (κ2) is 7.77. The van der Waals surface area contributed by atoms with Crippen molar-refractivity contribution in [3.8, 4) is 22.6 Å². The summed E-state index contributed by atoms with van der Waals surface area (Å²) in [7, 11) is 1.90. The third kappa shape index (κ3) is 3.67. The summed E-state index contributed by atoms with van der Waals surface area (Å²) >= 11 is 0. The minimum Gasteiger partial charge on any atom is -0.355 e. The number of fused-ring (bicyclic) bond motifs is 1. The molecule has 4 aromatic rings. The normalized spacial score (nSPS) is 17.1. The monoisotopic (exact) mass is 416 g/mol. The van der Waals surface area contributed by atoms with Gasteiger partial charge in [0.2, 0.25) is 0 Å². The first-order chi connectivity index (χ1) is 15.0. The highest BCUT2D eigenvalue weighted by molar-refractivity contribution is 5.93. The predicted molar refractivity (Wildman–Crippen MR) is 123 cm³/mol. The fourth-order valence-electron chi connectivity index (χ4n) is 4.32. The molecule has 160 valence electrons. The van der Waals surface area contributed by atoms with Crippen molar-refractivity contribution >= 4 is 16.7 Å². The Kier molecular flexibility index (Phi) is 4.94. The van der Waals surface area contributed by atoms with Gasteiger partial charge in [-0.3, -0.25) is 14.8 Å². The van der Waals surface area contributed by atoms with Crippen LogP contribution in [-0.4, -0.2) is 49.1 Å². The molecule has 1 aliphatic rings. The molecule has 1 saturated heterocycles. The molecule has 0 amide bonds. The molecule has 1 atom stereocenters. The first-order valence-corrected chi connectivity index (χ1v) is 10.8. The quantitative estimate of drug-likeness (QED) is 0.528. The number of rotatable bonds is 4. The van der Waals surface area contributed by atoms with Crippen molar-refractivity contribution in [3.05, 3.63) is 42.4 Å². The van der Waals surface area contributed by atoms with E-state index in [1.807, 2.05) is 25.6 Å². The number of nitrogens with zero attached hydrogens (tertiary/aromatic N) is 6. The third-order valence-electron chi connectivity index (χ3n) is 5.98. The Morgan fingerprint density at radius 2 is 2.06 bits per heavy atom. The van der Waals surface area contributed by atoms with Crippen molar-refractivity contribution in [1.82, 2.24) is 29.9 Å². The summed E-state index contributed by atoms with van der Waals surface area (Å²) in [6, 6.07) is 6.51. The molecule has 8 heteroatoms. The van der Waals surface area contributed by atoms with Crippen LogP contribution >= 0.6 is 0 Å². The Morgan fingerprint density at radius 3 is 2.81 bits per heavy atom. The van der Waals surface area contributed by atoms with Gasteiger partial charge in [-0.1, -0.05) is 19.9 Å². The lowest BCUT2D eigenvalue weighted by Crippen LogP contribution is -2.43. The number of nitrogens with one attached hydrogen (secondary N) is 1. The fraction of sp³-hybridized carbons (Fsp3) is 0.391. The highest BCUT2D eigenvalue weighted by Gasteiger charge is 2.23. The summed E-state index contributed by atoms with van der Waals surface area (Å²) in [5, 5.41) is 13.0. The van der Waals surface area contributed by atoms with E-state index in [2.05, 4.69) is 57.2 Å². The summed E-state index contributed by atoms with van der Waals surface area (Å²) in [5.41, 5.74) is 11.9. The van der Waals surface area contributed by atoms with Gasteiger partial charge in [0.15, 0.2) is 0 Å². The molecule has 1 aliphatic heterocycles. The van der Waals surface area contributed by atoms with Crippen LogP contribution in [0.2, 0.25) is 0 Å². The number of nitrogens with two attached hydrogens (primary N) is 1. The minimum atomic E-state index is 0.193. The molecule has 0 saturated carbocycles. The second-order valence-electron chi connectivity index (χ2n) is 8.70. The molecule has 0 radical (unpaired) electrons. The maximum Gasteiger partial charge on any atom is 0.132 e. The number of pyridine rings is 2. The van der Waals surface area contributed by atoms with E-state index in [9.17, 15) is 0 Å². The van der Waals surface area contributed by atoms with Crippen LogP contribution < -0.4 is 10.6 Å². The Labute approximate surface area is 181 Å². The number of H-pyrrole nitrogens is 1. The first-order valence-electron chi connectivity index (χ1n) is 10.8. The van der Waals surface area contributed by atoms with Crippen LogP contribution in [0.4, 0.5) is 5.82 Å². The van der Waals surface area contributed by atoms with Crippen molar-refractivity contribution in [3.63, 3.8) is 0 Å². The van der Waals surface area contributed by atoms with Gasteiger partial charge >= 0.3 is 0 Å². The third-order valence-corrected chi connectivity index (χ3v) is 5.98. The topological polar surface area (TPSA) is 102 Å². The van der Waals surface area contributed by atoms with Crippen LogP contribution in [0.15, 0.2) is 36.8 Å². The largest absolute Gasteiger partial charge is 0.355 e. The molecule has 3 N–H and O–H groups in total. The highest BCUT2D eigenvalue weighted by Crippen LogP contribution is 2.33. The van der Waals surface area contributed by atoms with Crippen molar-refractivity contribution in [2.45, 2.75) is 38.6 Å². The molecule has 31 heavy (non-hydrogen) atoms. The van der Waals surface area contributed by atoms with E-state index in [-0.39, 0.29) is 6.04 Å². The number of anilines is 1. The lowest BCUT2D eigenvalue weighted by molar-refractivity contribution is 0.501. The van der Waals surface area contributed by atoms with E-state index in [4.69, 9.17) is 10.7 Å². The van der Waals surface area contributed by atoms with Crippen molar-refractivity contribution in [1.29, 1.82) is 0 Å². The Morgan fingerprint density at radius 1 is 1.19 bits per heavy atom. The standard InChI is InChI=1S/C23H28N8/c1-14(2)17-6-7-19(27-23(17)31-8-4-5-16(24)13-31)22-18-9-20(15-10-26-30(3)12-15)25-11-21(18)28-29-22/h6-7,9-12,14,16H,4-5,8,13,24H2,1-3H3,(H,28,29)/t16-/m0/s1. The molecule has 1 fully saturated rings. The molecular weight excluding hydrogens is 388 g/mol. The van der Waals surface area contributed by atoms with E-state index in [1.165, 1.54) is 5.56 Å². The zero-order valence-electron chi connectivity index (χ0n) is 18.2. The van der Waals surface area contributed by atoms with Crippen LogP contribution in [-0.2, 0) is 7.05 Å². The minimum absolute atomic E-state index is 0.193. The molecule has 0 aliphatic carbocycles. The smallest absolute Gasteiger partial charge is 0.132 e. The first kappa shape index (κ1) is 19.7. The summed E-state index contributed by atoms with van der Waals surface area (Å²) < 4.78 is 1.78. The molecule has 8 nitrogen and oxygen atoms in total. The number of hydrogen-bond donors (Lipinski definition) is 2. The second-order valence-corrected chi connectivity index (χ2v) is 8.70. The van der Waals surface area contributed by atoms with E-state index in [0.717, 1.165) is 65.3 Å². The SMILES string of the molecule is CC(C)c1ccc(-c2n[nH]c3cnc(-c4cnn(C)c4)cc23)nc1N1CCC[C@H](N)C1. The van der Waals surface area contributed by atoms with Crippen molar-refractivity contribution in [2.24, 2.45) is 12.8 Å². The maximum atomic E-state index is 6.27. The number of aryl methyl sites for hydroxylation is 1. The molecule has 0 spiro atoms. The number of piperidine rings is 1. The van der Waals surface area contributed by atoms with E-state index in [0.29, 0.717) is 5.92 Å². The van der Waals surface area contributed by atoms with Gasteiger partial charge in [-0.15, -0.1) is 0 Å². The summed E-state index contributed by atoms with van der Waals surface area (Å²) in [4.78, 5) is 12.0. The molecule has 5 rings (SSSR count). The van der Waals surface area contributed by atoms with Crippen LogP contribution in [0.3, 0.4) is 0 Å². The van der Waals surface area contributed by atoms with Crippen LogP contribution in [0, 0.1) is 0 Å². The van der Waals surface area contributed by atoms with Crippen LogP contribution in [0.25, 0.3) is 33.5 Å². The average Bonchev–Trinajstić information content (AvgIpc) is 3.39. The number of aromatic nitrogens is 6. The zero-order chi connectivity index (χ0) is 21.5. The van der Waals surface area contributed by atoms with Gasteiger partial charge in [0, 0.05) is 43.3 Å². The lowest BCUT2D eigenvalue weighted by atomic mass is 10.00. The van der Waals surface area contributed by atoms with Gasteiger partial charge < -0.3 is 10.6 Å². The van der Waals surface area contributed by atoms with E-state index >= 15 is 0 Å². The molecule has 0 aromatic carbocycles. The fourth-order valence-corrected chi connectivity index (χ4v) is 4.32. The molecule has 5 heterocycles. The van der Waals surface area contributed by atoms with Crippen molar-refractivity contribution < 1.29 is 0 Å². The van der Waals surface area contributed by atoms with Gasteiger partial charge in [0.1, 0.15) is 11.5 Å². The maximum absolute atomic E-state index is 6.27. The van der Waals surface area contributed by atoms with Gasteiger partial charge in [0.05, 0.1) is 29.3 Å². The zero-order valence-corrected chi connectivity index (χ0v) is 18.2. The van der Waals surface area contributed by atoms with Gasteiger partial charge in [0.25, 0.3) is 0 Å². The Balaban J connectivity index is 1.60. The summed E-state index contributed by atoms with van der Waals surface area (Å²) in [6.07, 6.45) is 7.77. The van der Waals surface area contributed by atoms with E-state index in [1.54, 1.807) is 4.68 Å². The number of hydrogen-bond acceptors (Lipinski definition) is 6. The van der Waals surface area contributed by atoms with Gasteiger partial charge in [-0.25, -0.2) is 4.98 Å². The molecule has 4 aromatic heterocycles. The Bertz CT molecular complexity index is 1220. The molecule has 0 bridgehead atoms. The number of aromatic amines is 1. The van der Waals surface area contributed by atoms with Gasteiger partial charge in [-0.05, 0) is 36.5 Å². The van der Waals surface area contributed by atoms with Crippen LogP contribution in [0.5, 0.6) is 0 Å². The molecule has 0 unspecified atom stereocenters. The average molecular weight is 417 g/mol. The van der Waals surface area contributed by atoms with E-state index < -0.39 is 0 Å². The summed E-state index contributed by atoms with van der Waals surface area (Å²) in [5.74, 6) is 1.41. The predicted octanol–water partition coefficient (Wildman–Crippen LogP) is 3.47. The molecular formula is C23H28N8. The Hall–Kier alpha value is -3.26. The van der Waals surface area contributed by atoms with Gasteiger partial charge in [-0.2, -0.15) is 10.2 Å². The highest BCUT2D eigenvalue weighted by atomic mass is 15.2. The van der Waals surface area contributed by atoms with Crippen molar-refractivity contribution in [2.75, 3.05) is 18.0 Å². The lowest BCUT2D eigenvalue weighted by Gasteiger charge is -2.33. The van der Waals surface area contributed by atoms with Crippen LogP contribution in [0.1, 0.15) is 38.2 Å².